The minimum atomic E-state index is -3.77. The monoisotopic (exact) mass is 678 g/mol. The SMILES string of the molecule is CC.Cc1ccc(S(=O)(=O)Nc2cc(C(C)(C)C)sc2C(N)=O)cc1.Cc1ccc(S(=O)(=O)Nc2ccsc2C(N)=O)cc1. The summed E-state index contributed by atoms with van der Waals surface area (Å²) >= 11 is 2.31. The second-order valence-corrected chi connectivity index (χ2v) is 15.7. The van der Waals surface area contributed by atoms with Crippen LogP contribution in [0.25, 0.3) is 0 Å². The van der Waals surface area contributed by atoms with E-state index in [0.717, 1.165) is 27.3 Å². The lowest BCUT2D eigenvalue weighted by atomic mass is 9.95. The molecular weight excluding hydrogens is 641 g/mol. The third-order valence-corrected chi connectivity index (χ3v) is 11.0. The fraction of sp³-hybridized carbons (Fsp3) is 0.267. The van der Waals surface area contributed by atoms with E-state index < -0.39 is 31.9 Å². The van der Waals surface area contributed by atoms with E-state index >= 15 is 0 Å². The molecule has 2 aromatic heterocycles. The lowest BCUT2D eigenvalue weighted by Gasteiger charge is -2.15. The van der Waals surface area contributed by atoms with Crippen LogP contribution in [0.2, 0.25) is 0 Å². The van der Waals surface area contributed by atoms with E-state index in [2.05, 4.69) is 9.44 Å². The van der Waals surface area contributed by atoms with Gasteiger partial charge in [0.25, 0.3) is 31.9 Å². The number of carbonyl (C=O) groups excluding carboxylic acids is 2. The van der Waals surface area contributed by atoms with Gasteiger partial charge in [-0.25, -0.2) is 16.8 Å². The Morgan fingerprint density at radius 2 is 1.09 bits per heavy atom. The van der Waals surface area contributed by atoms with Crippen LogP contribution in [0.1, 0.15) is 70.0 Å². The normalized spacial score (nSPS) is 11.3. The number of carbonyl (C=O) groups is 2. The zero-order valence-corrected chi connectivity index (χ0v) is 28.9. The Labute approximate surface area is 267 Å². The summed E-state index contributed by atoms with van der Waals surface area (Å²) in [6.07, 6.45) is 0. The predicted octanol–water partition coefficient (Wildman–Crippen LogP) is 6.24. The molecule has 2 aromatic carbocycles. The summed E-state index contributed by atoms with van der Waals surface area (Å²) in [5.74, 6) is -1.30. The third-order valence-electron chi connectivity index (χ3n) is 5.74. The van der Waals surface area contributed by atoms with Crippen molar-refractivity contribution < 1.29 is 26.4 Å². The van der Waals surface area contributed by atoms with E-state index in [4.69, 9.17) is 11.5 Å². The summed E-state index contributed by atoms with van der Waals surface area (Å²) in [4.78, 5) is 24.3. The molecule has 0 aliphatic heterocycles. The largest absolute Gasteiger partial charge is 0.365 e. The minimum absolute atomic E-state index is 0.139. The Balaban J connectivity index is 0.000000295. The highest BCUT2D eigenvalue weighted by Crippen LogP contribution is 2.36. The minimum Gasteiger partial charge on any atom is -0.365 e. The fourth-order valence-electron chi connectivity index (χ4n) is 3.44. The number of primary amides is 2. The van der Waals surface area contributed by atoms with E-state index in [9.17, 15) is 26.4 Å². The van der Waals surface area contributed by atoms with Crippen molar-refractivity contribution >= 4 is 65.9 Å². The summed E-state index contributed by atoms with van der Waals surface area (Å²) in [6.45, 7) is 13.7. The molecule has 0 aliphatic rings. The maximum Gasteiger partial charge on any atom is 0.261 e. The zero-order valence-electron chi connectivity index (χ0n) is 25.6. The second kappa shape index (κ2) is 14.8. The first-order chi connectivity index (χ1) is 20.4. The van der Waals surface area contributed by atoms with Crippen molar-refractivity contribution in [1.82, 2.24) is 0 Å². The first-order valence-corrected chi connectivity index (χ1v) is 18.1. The molecule has 4 aromatic rings. The van der Waals surface area contributed by atoms with Gasteiger partial charge in [-0.05, 0) is 61.0 Å². The number of nitrogens with one attached hydrogen (secondary N) is 2. The Hall–Kier alpha value is -3.72. The number of nitrogens with two attached hydrogens (primary N) is 2. The van der Waals surface area contributed by atoms with Crippen LogP contribution in [0.15, 0.2) is 75.8 Å². The van der Waals surface area contributed by atoms with Crippen molar-refractivity contribution in [2.75, 3.05) is 9.44 Å². The molecule has 10 nitrogen and oxygen atoms in total. The molecule has 238 valence electrons. The first-order valence-electron chi connectivity index (χ1n) is 13.4. The molecule has 0 radical (unpaired) electrons. The molecule has 6 N–H and O–H groups in total. The second-order valence-electron chi connectivity index (χ2n) is 10.3. The third kappa shape index (κ3) is 9.64. The van der Waals surface area contributed by atoms with Gasteiger partial charge < -0.3 is 11.5 Å². The van der Waals surface area contributed by atoms with E-state index in [1.165, 1.54) is 41.7 Å². The Morgan fingerprint density at radius 3 is 1.48 bits per heavy atom. The van der Waals surface area contributed by atoms with Gasteiger partial charge in [0, 0.05) is 4.88 Å². The smallest absolute Gasteiger partial charge is 0.261 e. The number of thiophene rings is 2. The van der Waals surface area contributed by atoms with Crippen LogP contribution in [0, 0.1) is 13.8 Å². The number of amides is 2. The highest BCUT2D eigenvalue weighted by Gasteiger charge is 2.25. The van der Waals surface area contributed by atoms with Crippen molar-refractivity contribution in [3.05, 3.63) is 91.8 Å². The van der Waals surface area contributed by atoms with E-state index in [0.29, 0.717) is 0 Å². The molecule has 0 bridgehead atoms. The van der Waals surface area contributed by atoms with Crippen LogP contribution in [0.4, 0.5) is 11.4 Å². The molecule has 14 heteroatoms. The van der Waals surface area contributed by atoms with Crippen LogP contribution in [0.3, 0.4) is 0 Å². The Kier molecular flexibility index (Phi) is 12.3. The highest BCUT2D eigenvalue weighted by atomic mass is 32.2. The van der Waals surface area contributed by atoms with Gasteiger partial charge in [-0.3, -0.25) is 19.0 Å². The quantitative estimate of drug-likeness (QED) is 0.171. The lowest BCUT2D eigenvalue weighted by Crippen LogP contribution is -2.16. The predicted molar refractivity (Wildman–Crippen MR) is 180 cm³/mol. The molecule has 0 unspecified atom stereocenters. The number of aryl methyl sites for hydroxylation is 2. The molecule has 2 amide bonds. The van der Waals surface area contributed by atoms with Crippen molar-refractivity contribution in [1.29, 1.82) is 0 Å². The van der Waals surface area contributed by atoms with Gasteiger partial charge in [0.1, 0.15) is 9.75 Å². The van der Waals surface area contributed by atoms with Crippen molar-refractivity contribution in [2.24, 2.45) is 11.5 Å². The summed E-state index contributed by atoms with van der Waals surface area (Å²) in [6, 6.07) is 16.1. The van der Waals surface area contributed by atoms with E-state index in [-0.39, 0.29) is 36.3 Å². The molecular formula is C30H38N4O6S4. The fourth-order valence-corrected chi connectivity index (χ4v) is 7.43. The molecule has 0 saturated carbocycles. The molecule has 44 heavy (non-hydrogen) atoms. The van der Waals surface area contributed by atoms with Crippen LogP contribution in [-0.4, -0.2) is 28.6 Å². The van der Waals surface area contributed by atoms with Gasteiger partial charge >= 0.3 is 0 Å². The number of hydrogen-bond acceptors (Lipinski definition) is 8. The highest BCUT2D eigenvalue weighted by molar-refractivity contribution is 7.93. The first kappa shape index (κ1) is 36.5. The Bertz CT molecular complexity index is 1800. The number of sulfonamides is 2. The van der Waals surface area contributed by atoms with Crippen LogP contribution in [0.5, 0.6) is 0 Å². The van der Waals surface area contributed by atoms with Gasteiger partial charge in [-0.1, -0.05) is 70.0 Å². The molecule has 0 atom stereocenters. The number of hydrogen-bond donors (Lipinski definition) is 4. The van der Waals surface area contributed by atoms with Gasteiger partial charge in [0.05, 0.1) is 21.2 Å². The van der Waals surface area contributed by atoms with Gasteiger partial charge in [0.2, 0.25) is 0 Å². The molecule has 0 aliphatic carbocycles. The standard InChI is InChI=1S/C16H20N2O3S2.C12H12N2O3S2.C2H6/c1-10-5-7-11(8-6-10)23(20,21)18-12-9-13(16(2,3)4)22-14(12)15(17)19;1-8-2-4-9(5-3-8)19(16,17)14-10-6-7-18-11(10)12(13)15;1-2/h5-9,18H,1-4H3,(H2,17,19);2-7,14H,1H3,(H2,13,15);1-2H3. The maximum atomic E-state index is 12.5. The van der Waals surface area contributed by atoms with Crippen molar-refractivity contribution in [3.8, 4) is 0 Å². The molecule has 4 rings (SSSR count). The summed E-state index contributed by atoms with van der Waals surface area (Å²) in [7, 11) is -7.48. The van der Waals surface area contributed by atoms with E-state index in [1.807, 2.05) is 48.5 Å². The molecule has 2 heterocycles. The van der Waals surface area contributed by atoms with Gasteiger partial charge in [-0.2, -0.15) is 0 Å². The van der Waals surface area contributed by atoms with Gasteiger partial charge in [0.15, 0.2) is 0 Å². The summed E-state index contributed by atoms with van der Waals surface area (Å²) in [5.41, 5.74) is 12.7. The molecule has 0 saturated heterocycles. The molecule has 0 spiro atoms. The summed E-state index contributed by atoms with van der Waals surface area (Å²) in [5, 5.41) is 1.60. The number of anilines is 2. The lowest BCUT2D eigenvalue weighted by molar-refractivity contribution is 0.0996. The average molecular weight is 679 g/mol. The van der Waals surface area contributed by atoms with Crippen LogP contribution in [-0.2, 0) is 25.5 Å². The van der Waals surface area contributed by atoms with Crippen molar-refractivity contribution in [3.63, 3.8) is 0 Å². The van der Waals surface area contributed by atoms with Gasteiger partial charge in [-0.15, -0.1) is 22.7 Å². The molecule has 0 fully saturated rings. The Morgan fingerprint density at radius 1 is 0.682 bits per heavy atom. The van der Waals surface area contributed by atoms with Crippen LogP contribution < -0.4 is 20.9 Å². The zero-order chi connectivity index (χ0) is 33.5. The summed E-state index contributed by atoms with van der Waals surface area (Å²) < 4.78 is 54.1. The van der Waals surface area contributed by atoms with Crippen LogP contribution >= 0.6 is 22.7 Å². The maximum absolute atomic E-state index is 12.5. The van der Waals surface area contributed by atoms with E-state index in [1.54, 1.807) is 35.7 Å². The van der Waals surface area contributed by atoms with Crippen molar-refractivity contribution in [2.45, 2.75) is 63.7 Å². The number of benzene rings is 2. The number of rotatable bonds is 8. The topological polar surface area (TPSA) is 179 Å². The average Bonchev–Trinajstić information content (AvgIpc) is 3.57.